The van der Waals surface area contributed by atoms with Crippen LogP contribution in [0.3, 0.4) is 0 Å². The fourth-order valence-electron chi connectivity index (χ4n) is 2.71. The smallest absolute Gasteiger partial charge is 0.371 e. The summed E-state index contributed by atoms with van der Waals surface area (Å²) in [4.78, 5) is 23.1. The molecular weight excluding hydrogens is 416 g/mol. The number of hydrazone groups is 1. The summed E-state index contributed by atoms with van der Waals surface area (Å²) >= 11 is 0. The summed E-state index contributed by atoms with van der Waals surface area (Å²) < 4.78 is 21.6. The van der Waals surface area contributed by atoms with Crippen LogP contribution in [0.4, 0.5) is 0 Å². The summed E-state index contributed by atoms with van der Waals surface area (Å²) in [6, 6.07) is 14.8. The van der Waals surface area contributed by atoms with Crippen molar-refractivity contribution in [2.24, 2.45) is 5.10 Å². The molecule has 0 atom stereocenters. The Morgan fingerprint density at radius 1 is 1.09 bits per heavy atom. The maximum Gasteiger partial charge on any atom is 0.371 e. The normalized spacial score (nSPS) is 10.7. The van der Waals surface area contributed by atoms with Gasteiger partial charge in [0.15, 0.2) is 11.5 Å². The van der Waals surface area contributed by atoms with Crippen LogP contribution in [0.5, 0.6) is 17.2 Å². The highest BCUT2D eigenvalue weighted by Gasteiger charge is 2.11. The number of hydrogen-bond donors (Lipinski definition) is 2. The minimum atomic E-state index is -1.15. The van der Waals surface area contributed by atoms with Gasteiger partial charge in [0.05, 0.1) is 19.9 Å². The molecule has 9 heteroatoms. The standard InChI is InChI=1S/C23H22N2O7/c1-3-30-21-11-15(13-24-25-22(26)16-5-4-6-17(12-16)29-2)7-9-19(21)31-14-18-8-10-20(32-18)23(27)28/h4-13H,3,14H2,1-2H3,(H,25,26)(H,27,28). The number of amides is 1. The minimum Gasteiger partial charge on any atom is -0.497 e. The Balaban J connectivity index is 1.64. The summed E-state index contributed by atoms with van der Waals surface area (Å²) in [5.74, 6) is 0.204. The second-order valence-corrected chi connectivity index (χ2v) is 6.43. The van der Waals surface area contributed by atoms with Crippen molar-refractivity contribution in [3.05, 3.63) is 77.2 Å². The maximum atomic E-state index is 12.2. The molecule has 0 aliphatic carbocycles. The fourth-order valence-corrected chi connectivity index (χ4v) is 2.71. The van der Waals surface area contributed by atoms with E-state index >= 15 is 0 Å². The van der Waals surface area contributed by atoms with Gasteiger partial charge in [0.1, 0.15) is 18.1 Å². The molecule has 0 unspecified atom stereocenters. The Morgan fingerprint density at radius 3 is 2.66 bits per heavy atom. The van der Waals surface area contributed by atoms with E-state index in [-0.39, 0.29) is 18.3 Å². The molecule has 1 heterocycles. The first kappa shape index (κ1) is 22.4. The van der Waals surface area contributed by atoms with E-state index in [4.69, 9.17) is 23.7 Å². The molecule has 0 bridgehead atoms. The molecule has 0 saturated carbocycles. The molecule has 3 rings (SSSR count). The SMILES string of the molecule is CCOc1cc(C=NNC(=O)c2cccc(OC)c2)ccc1OCc1ccc(C(=O)O)o1. The lowest BCUT2D eigenvalue weighted by Gasteiger charge is -2.11. The van der Waals surface area contributed by atoms with Crippen molar-refractivity contribution in [2.45, 2.75) is 13.5 Å². The monoisotopic (exact) mass is 438 g/mol. The molecule has 3 aromatic rings. The number of carbonyl (C=O) groups is 2. The molecule has 32 heavy (non-hydrogen) atoms. The summed E-state index contributed by atoms with van der Waals surface area (Å²) in [6.45, 7) is 2.29. The average molecular weight is 438 g/mol. The number of ether oxygens (including phenoxy) is 3. The van der Waals surface area contributed by atoms with Crippen LogP contribution in [0.2, 0.25) is 0 Å². The van der Waals surface area contributed by atoms with E-state index in [1.165, 1.54) is 25.5 Å². The number of rotatable bonds is 10. The summed E-state index contributed by atoms with van der Waals surface area (Å²) in [5, 5.41) is 12.9. The van der Waals surface area contributed by atoms with Gasteiger partial charge >= 0.3 is 5.97 Å². The molecule has 0 saturated heterocycles. The highest BCUT2D eigenvalue weighted by atomic mass is 16.5. The number of benzene rings is 2. The topological polar surface area (TPSA) is 120 Å². The second kappa shape index (κ2) is 10.7. The number of carboxylic acids is 1. The van der Waals surface area contributed by atoms with Crippen molar-refractivity contribution in [3.8, 4) is 17.2 Å². The van der Waals surface area contributed by atoms with Crippen molar-refractivity contribution < 1.29 is 33.3 Å². The van der Waals surface area contributed by atoms with Gasteiger partial charge in [-0.2, -0.15) is 5.10 Å². The van der Waals surface area contributed by atoms with Crippen LogP contribution in [0.1, 0.15) is 39.2 Å². The Morgan fingerprint density at radius 2 is 1.94 bits per heavy atom. The number of carbonyl (C=O) groups excluding carboxylic acids is 1. The van der Waals surface area contributed by atoms with E-state index in [9.17, 15) is 9.59 Å². The zero-order valence-corrected chi connectivity index (χ0v) is 17.5. The predicted molar refractivity (Wildman–Crippen MR) is 116 cm³/mol. The fraction of sp³-hybridized carbons (Fsp3) is 0.174. The average Bonchev–Trinajstić information content (AvgIpc) is 3.28. The van der Waals surface area contributed by atoms with Gasteiger partial charge in [0.25, 0.3) is 5.91 Å². The molecule has 0 radical (unpaired) electrons. The van der Waals surface area contributed by atoms with Gasteiger partial charge < -0.3 is 23.7 Å². The van der Waals surface area contributed by atoms with Gasteiger partial charge in [-0.3, -0.25) is 4.79 Å². The number of furan rings is 1. The Kier molecular flexibility index (Phi) is 7.47. The third kappa shape index (κ3) is 5.88. The summed E-state index contributed by atoms with van der Waals surface area (Å²) in [6.07, 6.45) is 1.48. The van der Waals surface area contributed by atoms with E-state index in [1.807, 2.05) is 6.92 Å². The van der Waals surface area contributed by atoms with Crippen molar-refractivity contribution in [2.75, 3.05) is 13.7 Å². The largest absolute Gasteiger partial charge is 0.497 e. The van der Waals surface area contributed by atoms with Crippen LogP contribution in [0.25, 0.3) is 0 Å². The van der Waals surface area contributed by atoms with Gasteiger partial charge in [-0.05, 0) is 61.0 Å². The van der Waals surface area contributed by atoms with Crippen molar-refractivity contribution >= 4 is 18.1 Å². The van der Waals surface area contributed by atoms with Crippen LogP contribution in [-0.4, -0.2) is 36.9 Å². The molecule has 0 fully saturated rings. The van der Waals surface area contributed by atoms with E-state index in [1.54, 1.807) is 42.5 Å². The van der Waals surface area contributed by atoms with Crippen LogP contribution in [0, 0.1) is 0 Å². The molecule has 0 aliphatic rings. The lowest BCUT2D eigenvalue weighted by molar-refractivity contribution is 0.0657. The van der Waals surface area contributed by atoms with Crippen LogP contribution in [0.15, 0.2) is 64.1 Å². The van der Waals surface area contributed by atoms with Gasteiger partial charge in [-0.25, -0.2) is 10.2 Å². The zero-order valence-electron chi connectivity index (χ0n) is 17.5. The Labute approximate surface area is 184 Å². The summed E-state index contributed by atoms with van der Waals surface area (Å²) in [7, 11) is 1.53. The quantitative estimate of drug-likeness (QED) is 0.366. The third-order valence-corrected chi connectivity index (χ3v) is 4.22. The first-order valence-corrected chi connectivity index (χ1v) is 9.69. The number of nitrogens with zero attached hydrogens (tertiary/aromatic N) is 1. The molecule has 166 valence electrons. The lowest BCUT2D eigenvalue weighted by Crippen LogP contribution is -2.17. The lowest BCUT2D eigenvalue weighted by atomic mass is 10.2. The number of methoxy groups -OCH3 is 1. The van der Waals surface area contributed by atoms with Gasteiger partial charge in [0.2, 0.25) is 5.76 Å². The van der Waals surface area contributed by atoms with Crippen LogP contribution < -0.4 is 19.6 Å². The molecule has 9 nitrogen and oxygen atoms in total. The van der Waals surface area contributed by atoms with E-state index in [0.29, 0.717) is 40.7 Å². The van der Waals surface area contributed by atoms with E-state index in [0.717, 1.165) is 0 Å². The molecular formula is C23H22N2O7. The maximum absolute atomic E-state index is 12.2. The van der Waals surface area contributed by atoms with E-state index in [2.05, 4.69) is 10.5 Å². The number of nitrogens with one attached hydrogen (secondary N) is 1. The molecule has 1 aromatic heterocycles. The molecule has 2 N–H and O–H groups in total. The molecule has 1 amide bonds. The minimum absolute atomic E-state index is 0.0391. The number of hydrogen-bond acceptors (Lipinski definition) is 7. The predicted octanol–water partition coefficient (Wildman–Crippen LogP) is 3.73. The number of carboxylic acid groups (broad SMARTS) is 1. The highest BCUT2D eigenvalue weighted by Crippen LogP contribution is 2.29. The van der Waals surface area contributed by atoms with Crippen molar-refractivity contribution in [1.29, 1.82) is 0 Å². The van der Waals surface area contributed by atoms with Gasteiger partial charge in [-0.1, -0.05) is 6.07 Å². The zero-order chi connectivity index (χ0) is 22.9. The van der Waals surface area contributed by atoms with Gasteiger partial charge in [-0.15, -0.1) is 0 Å². The highest BCUT2D eigenvalue weighted by molar-refractivity contribution is 5.95. The molecule has 0 spiro atoms. The van der Waals surface area contributed by atoms with Crippen molar-refractivity contribution in [3.63, 3.8) is 0 Å². The molecule has 2 aromatic carbocycles. The third-order valence-electron chi connectivity index (χ3n) is 4.22. The Bertz CT molecular complexity index is 1120. The number of aromatic carboxylic acids is 1. The second-order valence-electron chi connectivity index (χ2n) is 6.43. The Hall–Kier alpha value is -4.27. The van der Waals surface area contributed by atoms with Crippen LogP contribution in [-0.2, 0) is 6.61 Å². The van der Waals surface area contributed by atoms with Crippen LogP contribution >= 0.6 is 0 Å². The molecule has 0 aliphatic heterocycles. The first-order valence-electron chi connectivity index (χ1n) is 9.69. The van der Waals surface area contributed by atoms with Gasteiger partial charge in [0, 0.05) is 5.56 Å². The summed E-state index contributed by atoms with van der Waals surface area (Å²) in [5.41, 5.74) is 3.56. The van der Waals surface area contributed by atoms with Crippen molar-refractivity contribution in [1.82, 2.24) is 5.43 Å². The van der Waals surface area contributed by atoms with E-state index < -0.39 is 5.97 Å². The first-order chi connectivity index (χ1) is 15.5.